The molecule has 0 saturated carbocycles. The molecule has 1 heterocycles. The van der Waals surface area contributed by atoms with Crippen LogP contribution in [0.2, 0.25) is 0 Å². The number of nitrogens with zero attached hydrogens (tertiary/aromatic N) is 2. The zero-order valence-corrected chi connectivity index (χ0v) is 11.4. The lowest BCUT2D eigenvalue weighted by atomic mass is 10.0. The van der Waals surface area contributed by atoms with Crippen LogP contribution in [0.3, 0.4) is 0 Å². The van der Waals surface area contributed by atoms with Gasteiger partial charge >= 0.3 is 0 Å². The average molecular weight is 268 g/mol. The predicted octanol–water partition coefficient (Wildman–Crippen LogP) is 2.85. The minimum Gasteiger partial charge on any atom is -0.468 e. The highest BCUT2D eigenvalue weighted by atomic mass is 16.5. The van der Waals surface area contributed by atoms with Gasteiger partial charge in [0.25, 0.3) is 6.47 Å². The van der Waals surface area contributed by atoms with Gasteiger partial charge in [-0.15, -0.1) is 0 Å². The second-order valence-corrected chi connectivity index (χ2v) is 4.90. The summed E-state index contributed by atoms with van der Waals surface area (Å²) in [4.78, 5) is 14.7. The molecule has 0 spiro atoms. The Hall–Kier alpha value is -2.41. The molecular weight excluding hydrogens is 252 g/mol. The summed E-state index contributed by atoms with van der Waals surface area (Å²) in [6.45, 7) is 2.96. The van der Waals surface area contributed by atoms with E-state index >= 15 is 0 Å². The maximum absolute atomic E-state index is 10.1. The van der Waals surface area contributed by atoms with Crippen molar-refractivity contribution in [1.29, 1.82) is 5.26 Å². The minimum atomic E-state index is 0.308. The summed E-state index contributed by atoms with van der Waals surface area (Å²) < 4.78 is 4.75. The Morgan fingerprint density at radius 2 is 2.20 bits per heavy atom. The highest BCUT2D eigenvalue weighted by molar-refractivity contribution is 5.80. The summed E-state index contributed by atoms with van der Waals surface area (Å²) in [5, 5.41) is 9.94. The zero-order valence-electron chi connectivity index (χ0n) is 11.4. The Balaban J connectivity index is 2.07. The van der Waals surface area contributed by atoms with Crippen molar-refractivity contribution in [2.24, 2.45) is 5.92 Å². The fraction of sp³-hybridized carbons (Fsp3) is 0.312. The van der Waals surface area contributed by atoms with Gasteiger partial charge in [-0.1, -0.05) is 19.1 Å². The standard InChI is InChI=1S/C16H16N2O2/c1-12(10-20-11-19)2-6-15-7-5-14-4-3-13(9-17)8-16(14)18-15/h3-5,7-8,11-12H,2,6,10H2,1H3. The Labute approximate surface area is 118 Å². The van der Waals surface area contributed by atoms with Gasteiger partial charge in [-0.2, -0.15) is 5.26 Å². The van der Waals surface area contributed by atoms with Crippen molar-refractivity contribution in [1.82, 2.24) is 4.98 Å². The van der Waals surface area contributed by atoms with Gasteiger partial charge in [0.15, 0.2) is 0 Å². The van der Waals surface area contributed by atoms with E-state index in [9.17, 15) is 4.79 Å². The number of aryl methyl sites for hydroxylation is 1. The third-order valence-corrected chi connectivity index (χ3v) is 3.22. The molecule has 0 bridgehead atoms. The lowest BCUT2D eigenvalue weighted by Gasteiger charge is -2.09. The quantitative estimate of drug-likeness (QED) is 0.756. The van der Waals surface area contributed by atoms with E-state index in [-0.39, 0.29) is 0 Å². The largest absolute Gasteiger partial charge is 0.468 e. The van der Waals surface area contributed by atoms with Gasteiger partial charge in [-0.05, 0) is 37.0 Å². The van der Waals surface area contributed by atoms with Gasteiger partial charge in [-0.25, -0.2) is 0 Å². The first-order chi connectivity index (χ1) is 9.72. The molecule has 0 radical (unpaired) electrons. The topological polar surface area (TPSA) is 63.0 Å². The van der Waals surface area contributed by atoms with Gasteiger partial charge in [0.1, 0.15) is 0 Å². The lowest BCUT2D eigenvalue weighted by molar-refractivity contribution is -0.129. The number of hydrogen-bond acceptors (Lipinski definition) is 4. The number of pyridine rings is 1. The summed E-state index contributed by atoms with van der Waals surface area (Å²) in [6, 6.07) is 11.6. The van der Waals surface area contributed by atoms with Crippen LogP contribution >= 0.6 is 0 Å². The van der Waals surface area contributed by atoms with E-state index < -0.39 is 0 Å². The third kappa shape index (κ3) is 3.55. The highest BCUT2D eigenvalue weighted by Crippen LogP contribution is 2.16. The van der Waals surface area contributed by atoms with Gasteiger partial charge in [0.2, 0.25) is 0 Å². The number of nitriles is 1. The van der Waals surface area contributed by atoms with E-state index in [1.807, 2.05) is 25.1 Å². The van der Waals surface area contributed by atoms with Gasteiger partial charge < -0.3 is 4.74 Å². The second-order valence-electron chi connectivity index (χ2n) is 4.90. The number of carbonyl (C=O) groups excluding carboxylic acids is 1. The molecule has 1 unspecified atom stereocenters. The van der Waals surface area contributed by atoms with Gasteiger partial charge in [0, 0.05) is 11.1 Å². The van der Waals surface area contributed by atoms with Crippen LogP contribution in [0.5, 0.6) is 0 Å². The SMILES string of the molecule is CC(CCc1ccc2ccc(C#N)cc2n1)COC=O. The number of carbonyl (C=O) groups is 1. The summed E-state index contributed by atoms with van der Waals surface area (Å²) in [5.41, 5.74) is 2.46. The number of benzene rings is 1. The molecule has 102 valence electrons. The van der Waals surface area contributed by atoms with Crippen LogP contribution in [0.1, 0.15) is 24.6 Å². The third-order valence-electron chi connectivity index (χ3n) is 3.22. The molecule has 4 nitrogen and oxygen atoms in total. The first-order valence-electron chi connectivity index (χ1n) is 6.58. The smallest absolute Gasteiger partial charge is 0.293 e. The van der Waals surface area contributed by atoms with Crippen molar-refractivity contribution >= 4 is 17.4 Å². The molecule has 4 heteroatoms. The number of fused-ring (bicyclic) bond motifs is 1. The Morgan fingerprint density at radius 1 is 1.40 bits per heavy atom. The maximum Gasteiger partial charge on any atom is 0.293 e. The number of aromatic nitrogens is 1. The van der Waals surface area contributed by atoms with Crippen LogP contribution in [-0.2, 0) is 16.0 Å². The Kier molecular flexibility index (Phi) is 4.67. The van der Waals surface area contributed by atoms with E-state index in [1.54, 1.807) is 12.1 Å². The lowest BCUT2D eigenvalue weighted by Crippen LogP contribution is -2.06. The molecule has 1 aromatic carbocycles. The molecule has 0 aliphatic carbocycles. The zero-order chi connectivity index (χ0) is 14.4. The Bertz CT molecular complexity index is 646. The van der Waals surface area contributed by atoms with Crippen LogP contribution in [0.15, 0.2) is 30.3 Å². The molecule has 1 aromatic heterocycles. The molecular formula is C16H16N2O2. The monoisotopic (exact) mass is 268 g/mol. The summed E-state index contributed by atoms with van der Waals surface area (Å²) >= 11 is 0. The maximum atomic E-state index is 10.1. The molecule has 1 atom stereocenters. The molecule has 0 aliphatic heterocycles. The first kappa shape index (κ1) is 14.0. The second kappa shape index (κ2) is 6.67. The van der Waals surface area contributed by atoms with E-state index in [1.165, 1.54) is 0 Å². The first-order valence-corrected chi connectivity index (χ1v) is 6.58. The number of hydrogen-bond donors (Lipinski definition) is 0. The van der Waals surface area contributed by atoms with Crippen molar-refractivity contribution in [3.05, 3.63) is 41.6 Å². The fourth-order valence-electron chi connectivity index (χ4n) is 2.05. The van der Waals surface area contributed by atoms with Crippen molar-refractivity contribution in [3.8, 4) is 6.07 Å². The molecule has 0 saturated heterocycles. The molecule has 20 heavy (non-hydrogen) atoms. The van der Waals surface area contributed by atoms with Crippen LogP contribution in [0.4, 0.5) is 0 Å². The van der Waals surface area contributed by atoms with E-state index in [0.717, 1.165) is 29.4 Å². The molecule has 0 amide bonds. The van der Waals surface area contributed by atoms with E-state index in [0.29, 0.717) is 24.6 Å². The van der Waals surface area contributed by atoms with Crippen molar-refractivity contribution in [3.63, 3.8) is 0 Å². The molecule has 0 fully saturated rings. The summed E-state index contributed by atoms with van der Waals surface area (Å²) in [7, 11) is 0. The van der Waals surface area contributed by atoms with E-state index in [4.69, 9.17) is 10.00 Å². The van der Waals surface area contributed by atoms with Gasteiger partial charge in [0.05, 0.1) is 23.8 Å². The van der Waals surface area contributed by atoms with Crippen molar-refractivity contribution < 1.29 is 9.53 Å². The van der Waals surface area contributed by atoms with E-state index in [2.05, 4.69) is 11.1 Å². The van der Waals surface area contributed by atoms with Crippen LogP contribution in [0.25, 0.3) is 10.9 Å². The van der Waals surface area contributed by atoms with Crippen molar-refractivity contribution in [2.75, 3.05) is 6.61 Å². The predicted molar refractivity (Wildman–Crippen MR) is 76.0 cm³/mol. The number of rotatable bonds is 6. The summed E-state index contributed by atoms with van der Waals surface area (Å²) in [5.74, 6) is 0.308. The van der Waals surface area contributed by atoms with Crippen LogP contribution in [-0.4, -0.2) is 18.1 Å². The Morgan fingerprint density at radius 3 is 2.95 bits per heavy atom. The van der Waals surface area contributed by atoms with Crippen LogP contribution in [0, 0.1) is 17.2 Å². The van der Waals surface area contributed by atoms with Crippen molar-refractivity contribution in [2.45, 2.75) is 19.8 Å². The fourth-order valence-corrected chi connectivity index (χ4v) is 2.05. The highest BCUT2D eigenvalue weighted by Gasteiger charge is 2.05. The minimum absolute atomic E-state index is 0.308. The molecule has 2 aromatic rings. The summed E-state index contributed by atoms with van der Waals surface area (Å²) in [6.07, 6.45) is 1.74. The number of ether oxygens (including phenoxy) is 1. The molecule has 0 N–H and O–H groups in total. The average Bonchev–Trinajstić information content (AvgIpc) is 2.49. The molecule has 2 rings (SSSR count). The normalized spacial score (nSPS) is 11.8. The molecule has 0 aliphatic rings. The van der Waals surface area contributed by atoms with Gasteiger partial charge in [-0.3, -0.25) is 9.78 Å². The van der Waals surface area contributed by atoms with Crippen LogP contribution < -0.4 is 0 Å².